The van der Waals surface area contributed by atoms with E-state index in [1.807, 2.05) is 0 Å². The SMILES string of the molecule is O=C(O)C1COCCN1C(=O)c1nc(Cl)ccc1Cl. The molecule has 6 nitrogen and oxygen atoms in total. The lowest BCUT2D eigenvalue weighted by Gasteiger charge is -2.32. The van der Waals surface area contributed by atoms with Gasteiger partial charge < -0.3 is 14.7 Å². The minimum atomic E-state index is -1.13. The Morgan fingerprint density at radius 2 is 2.16 bits per heavy atom. The molecule has 0 radical (unpaired) electrons. The Morgan fingerprint density at radius 3 is 2.84 bits per heavy atom. The van der Waals surface area contributed by atoms with Gasteiger partial charge in [-0.1, -0.05) is 23.2 Å². The van der Waals surface area contributed by atoms with Crippen LogP contribution in [0.4, 0.5) is 0 Å². The van der Waals surface area contributed by atoms with Crippen LogP contribution in [-0.4, -0.2) is 52.7 Å². The molecule has 2 heterocycles. The molecule has 1 atom stereocenters. The number of morpholine rings is 1. The summed E-state index contributed by atoms with van der Waals surface area (Å²) in [5, 5.41) is 9.32. The van der Waals surface area contributed by atoms with E-state index in [1.165, 1.54) is 17.0 Å². The van der Waals surface area contributed by atoms with Crippen LogP contribution < -0.4 is 0 Å². The van der Waals surface area contributed by atoms with E-state index in [-0.39, 0.29) is 35.6 Å². The van der Waals surface area contributed by atoms with Crippen LogP contribution in [0, 0.1) is 0 Å². The second-order valence-electron chi connectivity index (χ2n) is 3.89. The minimum absolute atomic E-state index is 0.0534. The van der Waals surface area contributed by atoms with Crippen molar-refractivity contribution in [3.8, 4) is 0 Å². The maximum absolute atomic E-state index is 12.3. The number of carboxylic acid groups (broad SMARTS) is 1. The van der Waals surface area contributed by atoms with Gasteiger partial charge in [0, 0.05) is 6.54 Å². The number of aliphatic carboxylic acids is 1. The summed E-state index contributed by atoms with van der Waals surface area (Å²) >= 11 is 11.6. The molecule has 1 aliphatic rings. The van der Waals surface area contributed by atoms with Gasteiger partial charge in [-0.3, -0.25) is 4.79 Å². The third-order valence-electron chi connectivity index (χ3n) is 2.69. The van der Waals surface area contributed by atoms with Crippen LogP contribution in [0.1, 0.15) is 10.5 Å². The van der Waals surface area contributed by atoms with Gasteiger partial charge in [0.05, 0.1) is 18.2 Å². The van der Waals surface area contributed by atoms with E-state index in [9.17, 15) is 9.59 Å². The largest absolute Gasteiger partial charge is 0.480 e. The van der Waals surface area contributed by atoms with Crippen molar-refractivity contribution in [2.75, 3.05) is 19.8 Å². The summed E-state index contributed by atoms with van der Waals surface area (Å²) in [5.74, 6) is -1.70. The molecule has 0 spiro atoms. The summed E-state index contributed by atoms with van der Waals surface area (Å²) in [6.07, 6.45) is 0. The van der Waals surface area contributed by atoms with Crippen molar-refractivity contribution in [2.45, 2.75) is 6.04 Å². The molecule has 2 rings (SSSR count). The molecular weight excluding hydrogens is 295 g/mol. The highest BCUT2D eigenvalue weighted by molar-refractivity contribution is 6.34. The van der Waals surface area contributed by atoms with Gasteiger partial charge in [0.15, 0.2) is 6.04 Å². The monoisotopic (exact) mass is 304 g/mol. The predicted molar refractivity (Wildman–Crippen MR) is 67.5 cm³/mol. The summed E-state index contributed by atoms with van der Waals surface area (Å²) in [5.41, 5.74) is -0.0534. The smallest absolute Gasteiger partial charge is 0.328 e. The van der Waals surface area contributed by atoms with E-state index in [0.29, 0.717) is 0 Å². The molecule has 8 heteroatoms. The van der Waals surface area contributed by atoms with Crippen molar-refractivity contribution in [1.29, 1.82) is 0 Å². The van der Waals surface area contributed by atoms with E-state index in [1.54, 1.807) is 0 Å². The fourth-order valence-corrected chi connectivity index (χ4v) is 2.09. The Labute approximate surface area is 118 Å². The number of rotatable bonds is 2. The van der Waals surface area contributed by atoms with E-state index >= 15 is 0 Å². The molecule has 1 fully saturated rings. The standard InChI is InChI=1S/C11H10Cl2N2O4/c12-6-1-2-8(13)14-9(6)10(16)15-3-4-19-5-7(15)11(17)18/h1-2,7H,3-5H2,(H,17,18). The van der Waals surface area contributed by atoms with Crippen LogP contribution in [0.5, 0.6) is 0 Å². The fraction of sp³-hybridized carbons (Fsp3) is 0.364. The predicted octanol–water partition coefficient (Wildman–Crippen LogP) is 1.31. The first kappa shape index (κ1) is 14.0. The van der Waals surface area contributed by atoms with E-state index < -0.39 is 17.9 Å². The zero-order valence-electron chi connectivity index (χ0n) is 9.68. The van der Waals surface area contributed by atoms with Crippen molar-refractivity contribution in [2.24, 2.45) is 0 Å². The molecular formula is C11H10Cl2N2O4. The van der Waals surface area contributed by atoms with Crippen LogP contribution in [0.15, 0.2) is 12.1 Å². The molecule has 1 aromatic rings. The van der Waals surface area contributed by atoms with Gasteiger partial charge in [-0.25, -0.2) is 9.78 Å². The maximum Gasteiger partial charge on any atom is 0.328 e. The molecule has 1 N–H and O–H groups in total. The summed E-state index contributed by atoms with van der Waals surface area (Å²) in [6, 6.07) is 1.85. The number of carboxylic acids is 1. The van der Waals surface area contributed by atoms with Gasteiger partial charge in [0.1, 0.15) is 10.8 Å². The van der Waals surface area contributed by atoms with Crippen LogP contribution in [0.3, 0.4) is 0 Å². The Bertz CT molecular complexity index is 523. The van der Waals surface area contributed by atoms with Crippen LogP contribution in [0.25, 0.3) is 0 Å². The normalized spacial score (nSPS) is 19.3. The van der Waals surface area contributed by atoms with Crippen molar-refractivity contribution in [3.05, 3.63) is 28.0 Å². The molecule has 0 aliphatic carbocycles. The molecule has 1 saturated heterocycles. The minimum Gasteiger partial charge on any atom is -0.480 e. The number of ether oxygens (including phenoxy) is 1. The maximum atomic E-state index is 12.3. The van der Waals surface area contributed by atoms with Gasteiger partial charge in [-0.15, -0.1) is 0 Å². The first-order chi connectivity index (χ1) is 9.00. The van der Waals surface area contributed by atoms with Crippen LogP contribution >= 0.6 is 23.2 Å². The zero-order chi connectivity index (χ0) is 14.0. The number of amides is 1. The molecule has 1 unspecified atom stereocenters. The fourth-order valence-electron chi connectivity index (χ4n) is 1.76. The third-order valence-corrected chi connectivity index (χ3v) is 3.20. The van der Waals surface area contributed by atoms with Crippen molar-refractivity contribution >= 4 is 35.1 Å². The molecule has 0 aromatic carbocycles. The second kappa shape index (κ2) is 5.73. The molecule has 1 aromatic heterocycles. The highest BCUT2D eigenvalue weighted by atomic mass is 35.5. The van der Waals surface area contributed by atoms with Crippen molar-refractivity contribution in [3.63, 3.8) is 0 Å². The Balaban J connectivity index is 2.31. The number of halogens is 2. The number of pyridine rings is 1. The average Bonchev–Trinajstić information content (AvgIpc) is 2.40. The highest BCUT2D eigenvalue weighted by Crippen LogP contribution is 2.20. The first-order valence-electron chi connectivity index (χ1n) is 5.44. The summed E-state index contributed by atoms with van der Waals surface area (Å²) in [6.45, 7) is 0.382. The number of nitrogens with zero attached hydrogens (tertiary/aromatic N) is 2. The number of hydrogen-bond donors (Lipinski definition) is 1. The van der Waals surface area contributed by atoms with Gasteiger partial charge in [0.2, 0.25) is 0 Å². The lowest BCUT2D eigenvalue weighted by Crippen LogP contribution is -2.52. The molecule has 0 saturated carbocycles. The number of carbonyl (C=O) groups is 2. The van der Waals surface area contributed by atoms with Crippen molar-refractivity contribution in [1.82, 2.24) is 9.88 Å². The molecule has 1 aliphatic heterocycles. The number of aromatic nitrogens is 1. The summed E-state index contributed by atoms with van der Waals surface area (Å²) in [7, 11) is 0. The summed E-state index contributed by atoms with van der Waals surface area (Å²) < 4.78 is 5.06. The first-order valence-corrected chi connectivity index (χ1v) is 6.20. The van der Waals surface area contributed by atoms with Crippen LogP contribution in [-0.2, 0) is 9.53 Å². The number of hydrogen-bond acceptors (Lipinski definition) is 4. The lowest BCUT2D eigenvalue weighted by molar-refractivity contribution is -0.147. The molecule has 102 valence electrons. The van der Waals surface area contributed by atoms with Crippen LogP contribution in [0.2, 0.25) is 10.2 Å². The second-order valence-corrected chi connectivity index (χ2v) is 4.69. The van der Waals surface area contributed by atoms with Gasteiger partial charge in [-0.2, -0.15) is 0 Å². The average molecular weight is 305 g/mol. The molecule has 19 heavy (non-hydrogen) atoms. The van der Waals surface area contributed by atoms with Gasteiger partial charge in [-0.05, 0) is 12.1 Å². The topological polar surface area (TPSA) is 79.7 Å². The Hall–Kier alpha value is -1.37. The highest BCUT2D eigenvalue weighted by Gasteiger charge is 2.34. The Kier molecular flexibility index (Phi) is 4.24. The van der Waals surface area contributed by atoms with Gasteiger partial charge in [0.25, 0.3) is 5.91 Å². The zero-order valence-corrected chi connectivity index (χ0v) is 11.2. The van der Waals surface area contributed by atoms with Crippen molar-refractivity contribution < 1.29 is 19.4 Å². The lowest BCUT2D eigenvalue weighted by atomic mass is 10.2. The molecule has 0 bridgehead atoms. The Morgan fingerprint density at radius 1 is 1.42 bits per heavy atom. The third kappa shape index (κ3) is 2.97. The number of carbonyl (C=O) groups excluding carboxylic acids is 1. The van der Waals surface area contributed by atoms with E-state index in [0.717, 1.165) is 0 Å². The quantitative estimate of drug-likeness (QED) is 0.833. The van der Waals surface area contributed by atoms with E-state index in [2.05, 4.69) is 4.98 Å². The van der Waals surface area contributed by atoms with E-state index in [4.69, 9.17) is 33.0 Å². The van der Waals surface area contributed by atoms with Gasteiger partial charge >= 0.3 is 5.97 Å². The summed E-state index contributed by atoms with van der Waals surface area (Å²) in [4.78, 5) is 28.4. The molecule has 1 amide bonds.